The van der Waals surface area contributed by atoms with Crippen LogP contribution in [0.1, 0.15) is 12.6 Å². The maximum absolute atomic E-state index is 9.50. The van der Waals surface area contributed by atoms with Crippen LogP contribution in [0.3, 0.4) is 0 Å². The van der Waals surface area contributed by atoms with Crippen molar-refractivity contribution in [2.24, 2.45) is 12.8 Å². The van der Waals surface area contributed by atoms with Gasteiger partial charge in [0.15, 0.2) is 0 Å². The number of phenols is 1. The van der Waals surface area contributed by atoms with Gasteiger partial charge < -0.3 is 10.8 Å². The first-order valence-electron chi connectivity index (χ1n) is 5.64. The van der Waals surface area contributed by atoms with Gasteiger partial charge in [0.1, 0.15) is 5.75 Å². The van der Waals surface area contributed by atoms with E-state index >= 15 is 0 Å². The Morgan fingerprint density at radius 3 is 2.88 bits per heavy atom. The predicted molar refractivity (Wildman–Crippen MR) is 67.7 cm³/mol. The lowest BCUT2D eigenvalue weighted by Gasteiger charge is -2.05. The van der Waals surface area contributed by atoms with Gasteiger partial charge >= 0.3 is 0 Å². The number of nitrogens with zero attached hydrogens (tertiary/aromatic N) is 2. The molecule has 1 atom stereocenters. The molecule has 0 bridgehead atoms. The minimum atomic E-state index is 0.0703. The summed E-state index contributed by atoms with van der Waals surface area (Å²) in [6.45, 7) is 1.96. The maximum atomic E-state index is 9.50. The topological polar surface area (TPSA) is 64.1 Å². The first kappa shape index (κ1) is 11.7. The highest BCUT2D eigenvalue weighted by Gasteiger charge is 2.11. The van der Waals surface area contributed by atoms with Gasteiger partial charge in [0.05, 0.1) is 5.69 Å². The Labute approximate surface area is 101 Å². The van der Waals surface area contributed by atoms with E-state index < -0.39 is 0 Å². The Morgan fingerprint density at radius 1 is 1.47 bits per heavy atom. The molecule has 2 aromatic rings. The minimum absolute atomic E-state index is 0.0703. The third-order valence-electron chi connectivity index (χ3n) is 2.58. The number of nitrogens with two attached hydrogens (primary N) is 1. The lowest BCUT2D eigenvalue weighted by Crippen LogP contribution is -2.18. The summed E-state index contributed by atoms with van der Waals surface area (Å²) in [7, 11) is 1.89. The van der Waals surface area contributed by atoms with Gasteiger partial charge in [0, 0.05) is 31.3 Å². The quantitative estimate of drug-likeness (QED) is 0.844. The van der Waals surface area contributed by atoms with Crippen molar-refractivity contribution < 1.29 is 5.11 Å². The minimum Gasteiger partial charge on any atom is -0.508 e. The zero-order valence-electron chi connectivity index (χ0n) is 10.1. The fourth-order valence-corrected chi connectivity index (χ4v) is 1.90. The highest BCUT2D eigenvalue weighted by molar-refractivity contribution is 5.66. The van der Waals surface area contributed by atoms with E-state index in [0.29, 0.717) is 0 Å². The van der Waals surface area contributed by atoms with Gasteiger partial charge in [-0.1, -0.05) is 12.1 Å². The van der Waals surface area contributed by atoms with Crippen LogP contribution in [-0.4, -0.2) is 20.9 Å². The molecule has 1 aromatic heterocycles. The lowest BCUT2D eigenvalue weighted by atomic mass is 10.0. The van der Waals surface area contributed by atoms with E-state index in [1.807, 2.05) is 32.3 Å². The zero-order chi connectivity index (χ0) is 12.4. The van der Waals surface area contributed by atoms with Crippen LogP contribution in [0.5, 0.6) is 5.75 Å². The monoisotopic (exact) mass is 231 g/mol. The summed E-state index contributed by atoms with van der Waals surface area (Å²) in [5.41, 5.74) is 8.77. The number of phenolic OH excluding ortho intramolecular Hbond substituents is 1. The Hall–Kier alpha value is -1.81. The van der Waals surface area contributed by atoms with E-state index in [0.717, 1.165) is 23.2 Å². The summed E-state index contributed by atoms with van der Waals surface area (Å²) in [5.74, 6) is 0.262. The molecule has 0 radical (unpaired) electrons. The van der Waals surface area contributed by atoms with Crippen molar-refractivity contribution in [1.29, 1.82) is 0 Å². The number of benzene rings is 1. The summed E-state index contributed by atoms with van der Waals surface area (Å²) in [6, 6.07) is 7.25. The molecule has 0 saturated heterocycles. The summed E-state index contributed by atoms with van der Waals surface area (Å²) >= 11 is 0. The molecule has 0 saturated carbocycles. The Bertz CT molecular complexity index is 517. The van der Waals surface area contributed by atoms with Gasteiger partial charge in [0.2, 0.25) is 0 Å². The smallest absolute Gasteiger partial charge is 0.116 e. The van der Waals surface area contributed by atoms with Crippen LogP contribution in [0.15, 0.2) is 30.5 Å². The fourth-order valence-electron chi connectivity index (χ4n) is 1.90. The van der Waals surface area contributed by atoms with Gasteiger partial charge in [-0.15, -0.1) is 0 Å². The highest BCUT2D eigenvalue weighted by Crippen LogP contribution is 2.26. The Morgan fingerprint density at radius 2 is 2.24 bits per heavy atom. The third kappa shape index (κ3) is 2.65. The van der Waals surface area contributed by atoms with E-state index in [4.69, 9.17) is 5.73 Å². The van der Waals surface area contributed by atoms with Crippen LogP contribution in [0.4, 0.5) is 0 Å². The molecule has 4 heteroatoms. The molecule has 0 fully saturated rings. The second-order valence-electron chi connectivity index (χ2n) is 4.39. The summed E-state index contributed by atoms with van der Waals surface area (Å²) in [4.78, 5) is 0. The van der Waals surface area contributed by atoms with Crippen molar-refractivity contribution in [3.05, 3.63) is 36.2 Å². The van der Waals surface area contributed by atoms with Crippen LogP contribution in [-0.2, 0) is 13.5 Å². The summed E-state index contributed by atoms with van der Waals surface area (Å²) in [5, 5.41) is 13.9. The Balaban J connectivity index is 2.44. The van der Waals surface area contributed by atoms with Crippen molar-refractivity contribution in [3.8, 4) is 16.9 Å². The average Bonchev–Trinajstić information content (AvgIpc) is 2.58. The molecule has 3 N–H and O–H groups in total. The van der Waals surface area contributed by atoms with E-state index in [2.05, 4.69) is 5.10 Å². The zero-order valence-corrected chi connectivity index (χ0v) is 10.1. The van der Waals surface area contributed by atoms with Gasteiger partial charge in [-0.05, 0) is 24.6 Å². The van der Waals surface area contributed by atoms with E-state index in [9.17, 15) is 5.11 Å². The van der Waals surface area contributed by atoms with Crippen LogP contribution >= 0.6 is 0 Å². The fraction of sp³-hybridized carbons (Fsp3) is 0.308. The van der Waals surface area contributed by atoms with Crippen LogP contribution in [0.2, 0.25) is 0 Å². The van der Waals surface area contributed by atoms with Crippen molar-refractivity contribution in [2.45, 2.75) is 19.4 Å². The molecule has 0 amide bonds. The number of rotatable bonds is 3. The van der Waals surface area contributed by atoms with Crippen molar-refractivity contribution >= 4 is 0 Å². The molecule has 0 aliphatic heterocycles. The molecule has 0 spiro atoms. The third-order valence-corrected chi connectivity index (χ3v) is 2.58. The van der Waals surface area contributed by atoms with Crippen molar-refractivity contribution in [3.63, 3.8) is 0 Å². The maximum Gasteiger partial charge on any atom is 0.116 e. The van der Waals surface area contributed by atoms with Gasteiger partial charge in [-0.3, -0.25) is 4.68 Å². The van der Waals surface area contributed by atoms with Crippen molar-refractivity contribution in [2.75, 3.05) is 0 Å². The predicted octanol–water partition coefficient (Wildman–Crippen LogP) is 1.68. The SMILES string of the molecule is CC(N)Cc1nn(C)cc1-c1cccc(O)c1. The summed E-state index contributed by atoms with van der Waals surface area (Å²) in [6.07, 6.45) is 2.68. The van der Waals surface area contributed by atoms with Crippen molar-refractivity contribution in [1.82, 2.24) is 9.78 Å². The van der Waals surface area contributed by atoms with Gasteiger partial charge in [-0.2, -0.15) is 5.10 Å². The molecule has 17 heavy (non-hydrogen) atoms. The molecular weight excluding hydrogens is 214 g/mol. The van der Waals surface area contributed by atoms with E-state index in [1.54, 1.807) is 16.8 Å². The highest BCUT2D eigenvalue weighted by atomic mass is 16.3. The number of hydrogen-bond acceptors (Lipinski definition) is 3. The second kappa shape index (κ2) is 4.59. The lowest BCUT2D eigenvalue weighted by molar-refractivity contribution is 0.475. The van der Waals surface area contributed by atoms with E-state index in [-0.39, 0.29) is 11.8 Å². The van der Waals surface area contributed by atoms with Gasteiger partial charge in [0.25, 0.3) is 0 Å². The number of aromatic hydroxyl groups is 1. The molecule has 4 nitrogen and oxygen atoms in total. The average molecular weight is 231 g/mol. The molecule has 1 unspecified atom stereocenters. The van der Waals surface area contributed by atoms with Gasteiger partial charge in [-0.25, -0.2) is 0 Å². The first-order valence-corrected chi connectivity index (χ1v) is 5.64. The first-order chi connectivity index (χ1) is 8.06. The standard InChI is InChI=1S/C13H17N3O/c1-9(14)6-13-12(8-16(2)15-13)10-4-3-5-11(17)7-10/h3-5,7-9,17H,6,14H2,1-2H3. The largest absolute Gasteiger partial charge is 0.508 e. The number of aromatic nitrogens is 2. The molecule has 90 valence electrons. The Kier molecular flexibility index (Phi) is 3.15. The van der Waals surface area contributed by atoms with Crippen LogP contribution in [0, 0.1) is 0 Å². The molecular formula is C13H17N3O. The molecule has 1 heterocycles. The normalized spacial score (nSPS) is 12.6. The molecule has 0 aliphatic rings. The second-order valence-corrected chi connectivity index (χ2v) is 4.39. The van der Waals surface area contributed by atoms with Crippen LogP contribution < -0.4 is 5.73 Å². The molecule has 0 aliphatic carbocycles. The van der Waals surface area contributed by atoms with Crippen LogP contribution in [0.25, 0.3) is 11.1 Å². The number of hydrogen-bond donors (Lipinski definition) is 2. The molecule has 1 aromatic carbocycles. The van der Waals surface area contributed by atoms with E-state index in [1.165, 1.54) is 0 Å². The number of aryl methyl sites for hydroxylation is 1. The molecule has 2 rings (SSSR count). The summed E-state index contributed by atoms with van der Waals surface area (Å²) < 4.78 is 1.77.